The summed E-state index contributed by atoms with van der Waals surface area (Å²) in [6, 6.07) is 1.61. The minimum absolute atomic E-state index is 0.217. The number of nitrogens with one attached hydrogen (secondary N) is 1. The van der Waals surface area contributed by atoms with E-state index in [2.05, 4.69) is 10.3 Å². The van der Waals surface area contributed by atoms with Crippen LogP contribution in [0.15, 0.2) is 24.5 Å². The van der Waals surface area contributed by atoms with E-state index in [0.717, 1.165) is 27.7 Å². The van der Waals surface area contributed by atoms with E-state index >= 15 is 0 Å². The Labute approximate surface area is 183 Å². The Morgan fingerprint density at radius 1 is 0.875 bits per heavy atom. The molecule has 1 N–H and O–H groups in total. The molecule has 0 saturated carbocycles. The minimum Gasteiger partial charge on any atom is -0.463 e. The second-order valence-corrected chi connectivity index (χ2v) is 6.84. The molecule has 1 aliphatic rings. The topological polar surface area (TPSA) is 156 Å². The molecular formula is C20H24N2O10. The summed E-state index contributed by atoms with van der Waals surface area (Å²) in [7, 11) is 0. The summed E-state index contributed by atoms with van der Waals surface area (Å²) in [5.74, 6) is -3.51. The quantitative estimate of drug-likeness (QED) is 0.435. The Kier molecular flexibility index (Phi) is 8.64. The van der Waals surface area contributed by atoms with Crippen molar-refractivity contribution in [1.82, 2.24) is 10.3 Å². The van der Waals surface area contributed by atoms with Crippen LogP contribution in [0.3, 0.4) is 0 Å². The lowest BCUT2D eigenvalue weighted by Gasteiger charge is -2.44. The van der Waals surface area contributed by atoms with Crippen molar-refractivity contribution in [3.8, 4) is 0 Å². The first kappa shape index (κ1) is 24.7. The summed E-state index contributed by atoms with van der Waals surface area (Å²) in [4.78, 5) is 63.1. The highest BCUT2D eigenvalue weighted by molar-refractivity contribution is 5.94. The van der Waals surface area contributed by atoms with Gasteiger partial charge in [-0.15, -0.1) is 0 Å². The number of rotatable bonds is 7. The molecule has 1 aromatic heterocycles. The second kappa shape index (κ2) is 11.2. The molecule has 0 bridgehead atoms. The number of pyridine rings is 1. The molecule has 32 heavy (non-hydrogen) atoms. The standard InChI is InChI=1S/C20H24N2O10/c1-10(23)28-9-15-17(29-11(2)24)18(30-12(3)25)16(20(32-15)31-13(4)26)22-19(27)14-5-7-21-8-6-14/h5-8,15-18,20H,9H2,1-4H3,(H,22,27)/t15-,16-,17+,18-,20-/m1/s1. The molecule has 174 valence electrons. The van der Waals surface area contributed by atoms with Crippen LogP contribution in [-0.2, 0) is 42.9 Å². The smallest absolute Gasteiger partial charge is 0.305 e. The predicted molar refractivity (Wildman–Crippen MR) is 104 cm³/mol. The molecule has 0 aliphatic carbocycles. The first-order valence-corrected chi connectivity index (χ1v) is 9.59. The van der Waals surface area contributed by atoms with Gasteiger partial charge in [0.25, 0.3) is 5.91 Å². The highest BCUT2D eigenvalue weighted by Crippen LogP contribution is 2.28. The monoisotopic (exact) mass is 452 g/mol. The molecule has 1 amide bonds. The Balaban J connectivity index is 2.44. The molecule has 2 rings (SSSR count). The van der Waals surface area contributed by atoms with Crippen LogP contribution >= 0.6 is 0 Å². The zero-order chi connectivity index (χ0) is 23.8. The van der Waals surface area contributed by atoms with E-state index in [4.69, 9.17) is 23.7 Å². The van der Waals surface area contributed by atoms with Crippen molar-refractivity contribution >= 4 is 29.8 Å². The molecule has 0 spiro atoms. The number of carbonyl (C=O) groups is 5. The van der Waals surface area contributed by atoms with Gasteiger partial charge in [0, 0.05) is 45.7 Å². The molecule has 1 aromatic rings. The van der Waals surface area contributed by atoms with Crippen LogP contribution in [0.4, 0.5) is 0 Å². The van der Waals surface area contributed by atoms with E-state index in [1.165, 1.54) is 24.5 Å². The molecule has 12 nitrogen and oxygen atoms in total. The average Bonchev–Trinajstić information content (AvgIpc) is 2.70. The van der Waals surface area contributed by atoms with Crippen molar-refractivity contribution in [3.05, 3.63) is 30.1 Å². The van der Waals surface area contributed by atoms with Gasteiger partial charge in [0.2, 0.25) is 6.29 Å². The van der Waals surface area contributed by atoms with Crippen molar-refractivity contribution in [3.63, 3.8) is 0 Å². The first-order valence-electron chi connectivity index (χ1n) is 9.59. The van der Waals surface area contributed by atoms with Gasteiger partial charge >= 0.3 is 23.9 Å². The molecule has 12 heteroatoms. The third-order valence-electron chi connectivity index (χ3n) is 4.22. The number of ether oxygens (including phenoxy) is 5. The minimum atomic E-state index is -1.45. The van der Waals surface area contributed by atoms with Gasteiger partial charge in [-0.2, -0.15) is 0 Å². The number of hydrogen-bond acceptors (Lipinski definition) is 11. The van der Waals surface area contributed by atoms with E-state index in [1.807, 2.05) is 0 Å². The van der Waals surface area contributed by atoms with Crippen molar-refractivity contribution in [1.29, 1.82) is 0 Å². The van der Waals surface area contributed by atoms with Gasteiger partial charge in [-0.25, -0.2) is 0 Å². The Morgan fingerprint density at radius 2 is 1.44 bits per heavy atom. The maximum Gasteiger partial charge on any atom is 0.305 e. The molecule has 1 fully saturated rings. The lowest BCUT2D eigenvalue weighted by Crippen LogP contribution is -2.67. The van der Waals surface area contributed by atoms with Gasteiger partial charge in [-0.3, -0.25) is 29.0 Å². The van der Waals surface area contributed by atoms with E-state index < -0.39 is 67.0 Å². The van der Waals surface area contributed by atoms with Crippen molar-refractivity contribution in [2.24, 2.45) is 0 Å². The molecule has 0 radical (unpaired) electrons. The van der Waals surface area contributed by atoms with Gasteiger partial charge in [-0.05, 0) is 12.1 Å². The third kappa shape index (κ3) is 7.01. The summed E-state index contributed by atoms with van der Waals surface area (Å²) >= 11 is 0. The normalized spacial score (nSPS) is 24.6. The van der Waals surface area contributed by atoms with E-state index in [1.54, 1.807) is 0 Å². The largest absolute Gasteiger partial charge is 0.463 e. The van der Waals surface area contributed by atoms with E-state index in [9.17, 15) is 24.0 Å². The average molecular weight is 452 g/mol. The zero-order valence-electron chi connectivity index (χ0n) is 17.9. The molecular weight excluding hydrogens is 428 g/mol. The van der Waals surface area contributed by atoms with E-state index in [-0.39, 0.29) is 5.56 Å². The van der Waals surface area contributed by atoms with Gasteiger partial charge < -0.3 is 29.0 Å². The lowest BCUT2D eigenvalue weighted by atomic mass is 9.95. The second-order valence-electron chi connectivity index (χ2n) is 6.84. The summed E-state index contributed by atoms with van der Waals surface area (Å²) in [5.41, 5.74) is 0.217. The molecule has 1 aliphatic heterocycles. The van der Waals surface area contributed by atoms with Crippen molar-refractivity contribution < 1.29 is 47.7 Å². The van der Waals surface area contributed by atoms with Crippen LogP contribution in [0.25, 0.3) is 0 Å². The summed E-state index contributed by atoms with van der Waals surface area (Å²) < 4.78 is 26.5. The Bertz CT molecular complexity index is 859. The van der Waals surface area contributed by atoms with Crippen LogP contribution < -0.4 is 5.32 Å². The molecule has 5 atom stereocenters. The number of nitrogens with zero attached hydrogens (tertiary/aromatic N) is 1. The zero-order valence-corrected chi connectivity index (χ0v) is 17.9. The van der Waals surface area contributed by atoms with Crippen molar-refractivity contribution in [2.75, 3.05) is 6.61 Å². The molecule has 1 saturated heterocycles. The Morgan fingerprint density at radius 3 is 1.97 bits per heavy atom. The highest BCUT2D eigenvalue weighted by Gasteiger charge is 2.52. The number of esters is 4. The summed E-state index contributed by atoms with van der Waals surface area (Å²) in [6.07, 6.45) is -2.43. The number of amides is 1. The summed E-state index contributed by atoms with van der Waals surface area (Å²) in [6.45, 7) is 4.12. The molecule has 0 unspecified atom stereocenters. The van der Waals surface area contributed by atoms with Gasteiger partial charge in [0.15, 0.2) is 12.2 Å². The maximum absolute atomic E-state index is 12.7. The first-order chi connectivity index (χ1) is 15.1. The number of hydrogen-bond donors (Lipinski definition) is 1. The van der Waals surface area contributed by atoms with Gasteiger partial charge in [0.1, 0.15) is 18.8 Å². The lowest BCUT2D eigenvalue weighted by molar-refractivity contribution is -0.270. The fraction of sp³-hybridized carbons (Fsp3) is 0.500. The highest BCUT2D eigenvalue weighted by atomic mass is 16.7. The van der Waals surface area contributed by atoms with Crippen LogP contribution in [0.5, 0.6) is 0 Å². The van der Waals surface area contributed by atoms with Gasteiger partial charge in [-0.1, -0.05) is 0 Å². The summed E-state index contributed by atoms with van der Waals surface area (Å²) in [5, 5.41) is 2.59. The number of aromatic nitrogens is 1. The fourth-order valence-corrected chi connectivity index (χ4v) is 3.06. The van der Waals surface area contributed by atoms with Crippen LogP contribution in [0, 0.1) is 0 Å². The van der Waals surface area contributed by atoms with Crippen molar-refractivity contribution in [2.45, 2.75) is 58.3 Å². The van der Waals surface area contributed by atoms with Crippen LogP contribution in [-0.4, -0.2) is 72.0 Å². The predicted octanol–water partition coefficient (Wildman–Crippen LogP) is -0.105. The maximum atomic E-state index is 12.7. The van der Waals surface area contributed by atoms with Crippen LogP contribution in [0.2, 0.25) is 0 Å². The SMILES string of the molecule is CC(=O)OC[C@H]1O[C@@H](OC(C)=O)[C@H](NC(=O)c2ccncc2)[C@@H](OC(C)=O)[C@H]1OC(C)=O. The van der Waals surface area contributed by atoms with E-state index in [0.29, 0.717) is 0 Å². The Hall–Kier alpha value is -3.54. The fourth-order valence-electron chi connectivity index (χ4n) is 3.06. The molecule has 2 heterocycles. The van der Waals surface area contributed by atoms with Gasteiger partial charge in [0.05, 0.1) is 0 Å². The molecule has 0 aromatic carbocycles. The number of carbonyl (C=O) groups excluding carboxylic acids is 5. The van der Waals surface area contributed by atoms with Crippen LogP contribution in [0.1, 0.15) is 38.1 Å². The third-order valence-corrected chi connectivity index (χ3v) is 4.22.